The van der Waals surface area contributed by atoms with Gasteiger partial charge in [0.25, 0.3) is 0 Å². The summed E-state index contributed by atoms with van der Waals surface area (Å²) in [6.07, 6.45) is 0. The van der Waals surface area contributed by atoms with Gasteiger partial charge in [0.1, 0.15) is 17.5 Å². The van der Waals surface area contributed by atoms with Gasteiger partial charge in [-0.05, 0) is 18.2 Å². The molecule has 0 fully saturated rings. The Hall–Kier alpha value is -2.61. The number of para-hydroxylation sites is 1. The predicted molar refractivity (Wildman–Crippen MR) is 61.6 cm³/mol. The van der Waals surface area contributed by atoms with Gasteiger partial charge in [0.15, 0.2) is 0 Å². The molecule has 0 saturated heterocycles. The molecule has 1 aromatic heterocycles. The summed E-state index contributed by atoms with van der Waals surface area (Å²) >= 11 is 0. The molecule has 0 amide bonds. The van der Waals surface area contributed by atoms with E-state index in [1.165, 1.54) is 6.07 Å². The molecule has 2 aromatic rings. The molecule has 84 valence electrons. The first kappa shape index (κ1) is 10.9. The summed E-state index contributed by atoms with van der Waals surface area (Å²) in [6, 6.07) is 10.6. The molecule has 1 aromatic carbocycles. The molecule has 0 unspecified atom stereocenters. The number of H-pyrrole nitrogens is 1. The zero-order valence-electron chi connectivity index (χ0n) is 9.10. The topological polar surface area (TPSA) is 78.8 Å². The number of rotatable bonds is 2. The third kappa shape index (κ3) is 2.16. The molecule has 0 radical (unpaired) electrons. The SMILES string of the molecule is COc1ccccc1-c1cc(C#N)nc(=O)[nH]1. The smallest absolute Gasteiger partial charge is 0.346 e. The van der Waals surface area contributed by atoms with Crippen LogP contribution in [0.2, 0.25) is 0 Å². The Balaban J connectivity index is 2.65. The van der Waals surface area contributed by atoms with E-state index in [2.05, 4.69) is 9.97 Å². The van der Waals surface area contributed by atoms with E-state index in [-0.39, 0.29) is 5.69 Å². The molecule has 0 atom stereocenters. The number of nitriles is 1. The van der Waals surface area contributed by atoms with Gasteiger partial charge in [-0.3, -0.25) is 0 Å². The predicted octanol–water partition coefficient (Wildman–Crippen LogP) is 1.32. The van der Waals surface area contributed by atoms with E-state index in [4.69, 9.17) is 10.00 Å². The lowest BCUT2D eigenvalue weighted by Crippen LogP contribution is -2.12. The Kier molecular flexibility index (Phi) is 2.88. The number of hydrogen-bond acceptors (Lipinski definition) is 4. The molecule has 0 aliphatic carbocycles. The summed E-state index contributed by atoms with van der Waals surface area (Å²) in [4.78, 5) is 17.4. The Labute approximate surface area is 97.3 Å². The molecule has 0 aliphatic heterocycles. The molecule has 5 nitrogen and oxygen atoms in total. The Morgan fingerprint density at radius 1 is 1.41 bits per heavy atom. The van der Waals surface area contributed by atoms with Gasteiger partial charge in [-0.15, -0.1) is 0 Å². The van der Waals surface area contributed by atoms with Crippen molar-refractivity contribution < 1.29 is 4.74 Å². The zero-order valence-corrected chi connectivity index (χ0v) is 9.10. The standard InChI is InChI=1S/C12H9N3O2/c1-17-11-5-3-2-4-9(11)10-6-8(7-13)14-12(16)15-10/h2-6H,1H3,(H,14,15,16). The van der Waals surface area contributed by atoms with Crippen molar-refractivity contribution in [3.8, 4) is 23.1 Å². The summed E-state index contributed by atoms with van der Waals surface area (Å²) < 4.78 is 5.19. The minimum Gasteiger partial charge on any atom is -0.496 e. The number of ether oxygens (including phenoxy) is 1. The van der Waals surface area contributed by atoms with Crippen LogP contribution in [-0.2, 0) is 0 Å². The highest BCUT2D eigenvalue weighted by Crippen LogP contribution is 2.27. The second-order valence-electron chi connectivity index (χ2n) is 3.30. The van der Waals surface area contributed by atoms with Crippen LogP contribution in [0.4, 0.5) is 0 Å². The summed E-state index contributed by atoms with van der Waals surface area (Å²) in [5, 5.41) is 8.76. The van der Waals surface area contributed by atoms with Gasteiger partial charge in [-0.25, -0.2) is 4.79 Å². The third-order valence-electron chi connectivity index (χ3n) is 2.26. The molecule has 1 heterocycles. The fourth-order valence-corrected chi connectivity index (χ4v) is 1.53. The molecular formula is C12H9N3O2. The van der Waals surface area contributed by atoms with E-state index < -0.39 is 5.69 Å². The van der Waals surface area contributed by atoms with E-state index in [0.717, 1.165) is 0 Å². The minimum atomic E-state index is -0.551. The maximum atomic E-state index is 11.3. The highest BCUT2D eigenvalue weighted by Gasteiger charge is 2.07. The third-order valence-corrected chi connectivity index (χ3v) is 2.26. The molecule has 17 heavy (non-hydrogen) atoms. The van der Waals surface area contributed by atoms with Gasteiger partial charge in [0, 0.05) is 5.56 Å². The van der Waals surface area contributed by atoms with Crippen molar-refractivity contribution in [2.45, 2.75) is 0 Å². The molecule has 0 saturated carbocycles. The number of nitrogens with one attached hydrogen (secondary N) is 1. The fraction of sp³-hybridized carbons (Fsp3) is 0.0833. The average molecular weight is 227 g/mol. The average Bonchev–Trinajstić information content (AvgIpc) is 2.37. The largest absolute Gasteiger partial charge is 0.496 e. The normalized spacial score (nSPS) is 9.65. The minimum absolute atomic E-state index is 0.0784. The Morgan fingerprint density at radius 3 is 2.88 bits per heavy atom. The van der Waals surface area contributed by atoms with Crippen molar-refractivity contribution in [2.24, 2.45) is 0 Å². The van der Waals surface area contributed by atoms with Crippen molar-refractivity contribution in [3.63, 3.8) is 0 Å². The van der Waals surface area contributed by atoms with Crippen molar-refractivity contribution in [1.82, 2.24) is 9.97 Å². The van der Waals surface area contributed by atoms with Crippen LogP contribution in [0.15, 0.2) is 35.1 Å². The summed E-state index contributed by atoms with van der Waals surface area (Å²) in [7, 11) is 1.54. The highest BCUT2D eigenvalue weighted by atomic mass is 16.5. The van der Waals surface area contributed by atoms with Crippen LogP contribution in [0.25, 0.3) is 11.3 Å². The quantitative estimate of drug-likeness (QED) is 0.839. The van der Waals surface area contributed by atoms with Crippen LogP contribution < -0.4 is 10.4 Å². The second kappa shape index (κ2) is 4.49. The molecule has 0 bridgehead atoms. The number of aromatic nitrogens is 2. The van der Waals surface area contributed by atoms with Crippen molar-refractivity contribution in [2.75, 3.05) is 7.11 Å². The summed E-state index contributed by atoms with van der Waals surface area (Å²) in [5.41, 5.74) is 0.754. The van der Waals surface area contributed by atoms with Gasteiger partial charge in [-0.2, -0.15) is 10.2 Å². The fourth-order valence-electron chi connectivity index (χ4n) is 1.53. The van der Waals surface area contributed by atoms with E-state index in [9.17, 15) is 4.79 Å². The summed E-state index contributed by atoms with van der Waals surface area (Å²) in [5.74, 6) is 0.623. The van der Waals surface area contributed by atoms with Crippen molar-refractivity contribution in [1.29, 1.82) is 5.26 Å². The number of methoxy groups -OCH3 is 1. The first-order chi connectivity index (χ1) is 8.24. The van der Waals surface area contributed by atoms with Gasteiger partial charge in [0.2, 0.25) is 0 Å². The van der Waals surface area contributed by atoms with Gasteiger partial charge < -0.3 is 9.72 Å². The number of nitrogens with zero attached hydrogens (tertiary/aromatic N) is 2. The van der Waals surface area contributed by atoms with E-state index in [0.29, 0.717) is 17.0 Å². The number of aromatic amines is 1. The van der Waals surface area contributed by atoms with Gasteiger partial charge in [0.05, 0.1) is 12.8 Å². The number of benzene rings is 1. The van der Waals surface area contributed by atoms with E-state index in [1.807, 2.05) is 18.2 Å². The Morgan fingerprint density at radius 2 is 2.18 bits per heavy atom. The van der Waals surface area contributed by atoms with Crippen molar-refractivity contribution in [3.05, 3.63) is 46.5 Å². The molecule has 2 rings (SSSR count). The van der Waals surface area contributed by atoms with Crippen LogP contribution in [0, 0.1) is 11.3 Å². The lowest BCUT2D eigenvalue weighted by molar-refractivity contribution is 0.416. The van der Waals surface area contributed by atoms with Crippen molar-refractivity contribution >= 4 is 0 Å². The lowest BCUT2D eigenvalue weighted by Gasteiger charge is -2.07. The molecule has 1 N–H and O–H groups in total. The maximum Gasteiger partial charge on any atom is 0.346 e. The number of hydrogen-bond donors (Lipinski definition) is 1. The molecule has 5 heteroatoms. The van der Waals surface area contributed by atoms with Crippen LogP contribution in [-0.4, -0.2) is 17.1 Å². The summed E-state index contributed by atoms with van der Waals surface area (Å²) in [6.45, 7) is 0. The molecular weight excluding hydrogens is 218 g/mol. The van der Waals surface area contributed by atoms with Gasteiger partial charge in [-0.1, -0.05) is 12.1 Å². The van der Waals surface area contributed by atoms with Crippen LogP contribution in [0.3, 0.4) is 0 Å². The van der Waals surface area contributed by atoms with E-state index in [1.54, 1.807) is 19.2 Å². The van der Waals surface area contributed by atoms with Crippen LogP contribution in [0.5, 0.6) is 5.75 Å². The monoisotopic (exact) mass is 227 g/mol. The first-order valence-corrected chi connectivity index (χ1v) is 4.89. The lowest BCUT2D eigenvalue weighted by atomic mass is 10.1. The molecule has 0 aliphatic rings. The first-order valence-electron chi connectivity index (χ1n) is 4.89. The van der Waals surface area contributed by atoms with Crippen LogP contribution in [0.1, 0.15) is 5.69 Å². The maximum absolute atomic E-state index is 11.3. The van der Waals surface area contributed by atoms with Crippen LogP contribution >= 0.6 is 0 Å². The Bertz CT molecular complexity index is 641. The second-order valence-corrected chi connectivity index (χ2v) is 3.30. The van der Waals surface area contributed by atoms with Gasteiger partial charge >= 0.3 is 5.69 Å². The highest BCUT2D eigenvalue weighted by molar-refractivity contribution is 5.67. The zero-order chi connectivity index (χ0) is 12.3. The van der Waals surface area contributed by atoms with E-state index >= 15 is 0 Å². The molecule has 0 spiro atoms.